The lowest BCUT2D eigenvalue weighted by Gasteiger charge is -2.34. The van der Waals surface area contributed by atoms with E-state index in [2.05, 4.69) is 11.8 Å². The molecular formula is C23H26O5. The number of hydrogen-bond donors (Lipinski definition) is 0. The molecule has 148 valence electrons. The molecule has 0 saturated heterocycles. The molecule has 1 aliphatic carbocycles. The molecule has 0 N–H and O–H groups in total. The first-order chi connectivity index (χ1) is 13.6. The second-order valence-corrected chi connectivity index (χ2v) is 6.56. The predicted molar refractivity (Wildman–Crippen MR) is 106 cm³/mol. The largest absolute Gasteiger partial charge is 0.465 e. The summed E-state index contributed by atoms with van der Waals surface area (Å²) < 4.78 is 10.6. The minimum Gasteiger partial charge on any atom is -0.465 e. The minimum absolute atomic E-state index is 0.0349. The number of hydrogen-bond acceptors (Lipinski definition) is 5. The molecule has 0 bridgehead atoms. The zero-order valence-corrected chi connectivity index (χ0v) is 16.4. The summed E-state index contributed by atoms with van der Waals surface area (Å²) in [5.74, 6) is 4.33. The van der Waals surface area contributed by atoms with Crippen LogP contribution in [0.4, 0.5) is 0 Å². The Morgan fingerprint density at radius 2 is 1.86 bits per heavy atom. The Morgan fingerprint density at radius 1 is 1.18 bits per heavy atom. The van der Waals surface area contributed by atoms with Gasteiger partial charge in [0, 0.05) is 23.5 Å². The van der Waals surface area contributed by atoms with Gasteiger partial charge in [-0.3, -0.25) is 14.4 Å². The Morgan fingerprint density at radius 3 is 2.43 bits per heavy atom. The fourth-order valence-corrected chi connectivity index (χ4v) is 3.40. The maximum absolute atomic E-state index is 13.0. The average molecular weight is 382 g/mol. The molecule has 28 heavy (non-hydrogen) atoms. The lowest BCUT2D eigenvalue weighted by molar-refractivity contribution is -0.175. The van der Waals surface area contributed by atoms with Gasteiger partial charge < -0.3 is 9.47 Å². The van der Waals surface area contributed by atoms with Gasteiger partial charge in [0.25, 0.3) is 0 Å². The smallest absolute Gasteiger partial charge is 0.325 e. The van der Waals surface area contributed by atoms with Gasteiger partial charge in [-0.15, -0.1) is 0 Å². The summed E-state index contributed by atoms with van der Waals surface area (Å²) in [5, 5.41) is 0. The molecule has 0 fully saturated rings. The van der Waals surface area contributed by atoms with E-state index in [0.717, 1.165) is 19.1 Å². The first-order valence-corrected chi connectivity index (χ1v) is 9.64. The highest BCUT2D eigenvalue weighted by Crippen LogP contribution is 2.41. The molecule has 5 nitrogen and oxygen atoms in total. The summed E-state index contributed by atoms with van der Waals surface area (Å²) in [7, 11) is 0. The standard InChI is InChI=1S/C23H26O5/c1-3-27-21(25)23(22(26)28-4-2,20-14-6-5-7-15-20)16-10-13-18-11-8-9-12-19(18)17-24/h6,8-9,11-12,14,17,20H,3-5,7,15-16H2,1-2H3. The first kappa shape index (κ1) is 21.4. The average Bonchev–Trinajstić information content (AvgIpc) is 2.72. The SMILES string of the molecule is CCOC(=O)C(CC#Cc1ccccc1C=O)(C(=O)OCC)C1C=CCCC1. The molecule has 1 aromatic carbocycles. The van der Waals surface area contributed by atoms with Crippen molar-refractivity contribution in [3.63, 3.8) is 0 Å². The van der Waals surface area contributed by atoms with Crippen LogP contribution in [0.15, 0.2) is 36.4 Å². The van der Waals surface area contributed by atoms with E-state index in [1.165, 1.54) is 0 Å². The van der Waals surface area contributed by atoms with Gasteiger partial charge in [0.15, 0.2) is 11.7 Å². The Hall–Kier alpha value is -2.87. The highest BCUT2D eigenvalue weighted by atomic mass is 16.6. The van der Waals surface area contributed by atoms with Gasteiger partial charge in [-0.1, -0.05) is 42.2 Å². The van der Waals surface area contributed by atoms with E-state index in [9.17, 15) is 14.4 Å². The van der Waals surface area contributed by atoms with Crippen LogP contribution < -0.4 is 0 Å². The van der Waals surface area contributed by atoms with Crippen molar-refractivity contribution in [2.75, 3.05) is 13.2 Å². The van der Waals surface area contributed by atoms with Crippen LogP contribution in [0.3, 0.4) is 0 Å². The maximum atomic E-state index is 13.0. The van der Waals surface area contributed by atoms with Crippen LogP contribution in [0.2, 0.25) is 0 Å². The molecule has 0 spiro atoms. The quantitative estimate of drug-likeness (QED) is 0.236. The van der Waals surface area contributed by atoms with E-state index in [0.29, 0.717) is 17.5 Å². The summed E-state index contributed by atoms with van der Waals surface area (Å²) in [4.78, 5) is 37.1. The highest BCUT2D eigenvalue weighted by molar-refractivity contribution is 6.01. The van der Waals surface area contributed by atoms with Gasteiger partial charge in [0.1, 0.15) is 0 Å². The summed E-state index contributed by atoms with van der Waals surface area (Å²) in [6.45, 7) is 3.74. The van der Waals surface area contributed by atoms with Gasteiger partial charge >= 0.3 is 11.9 Å². The van der Waals surface area contributed by atoms with Gasteiger partial charge in [-0.25, -0.2) is 0 Å². The van der Waals surface area contributed by atoms with Crippen LogP contribution >= 0.6 is 0 Å². The predicted octanol–water partition coefficient (Wildman–Crippen LogP) is 3.71. The van der Waals surface area contributed by atoms with Crippen LogP contribution in [0, 0.1) is 23.2 Å². The van der Waals surface area contributed by atoms with E-state index in [4.69, 9.17) is 9.47 Å². The van der Waals surface area contributed by atoms with Gasteiger partial charge in [-0.2, -0.15) is 0 Å². The van der Waals surface area contributed by atoms with Crippen molar-refractivity contribution in [3.05, 3.63) is 47.5 Å². The fourth-order valence-electron chi connectivity index (χ4n) is 3.40. The van der Waals surface area contributed by atoms with Gasteiger partial charge in [0.05, 0.1) is 13.2 Å². The number of allylic oxidation sites excluding steroid dienone is 2. The van der Waals surface area contributed by atoms with E-state index in [1.54, 1.807) is 38.1 Å². The van der Waals surface area contributed by atoms with E-state index < -0.39 is 17.4 Å². The number of carbonyl (C=O) groups excluding carboxylic acids is 3. The number of esters is 2. The third kappa shape index (κ3) is 4.69. The third-order valence-electron chi connectivity index (χ3n) is 4.84. The highest BCUT2D eigenvalue weighted by Gasteiger charge is 2.53. The van der Waals surface area contributed by atoms with E-state index in [-0.39, 0.29) is 25.6 Å². The normalized spacial score (nSPS) is 15.9. The Balaban J connectivity index is 2.47. The molecule has 0 heterocycles. The molecule has 0 amide bonds. The molecule has 1 unspecified atom stereocenters. The molecular weight excluding hydrogens is 356 g/mol. The maximum Gasteiger partial charge on any atom is 0.325 e. The van der Waals surface area contributed by atoms with Crippen molar-refractivity contribution < 1.29 is 23.9 Å². The lowest BCUT2D eigenvalue weighted by atomic mass is 9.69. The van der Waals surface area contributed by atoms with Crippen molar-refractivity contribution in [2.24, 2.45) is 11.3 Å². The van der Waals surface area contributed by atoms with Crippen LogP contribution in [-0.2, 0) is 19.1 Å². The monoisotopic (exact) mass is 382 g/mol. The third-order valence-corrected chi connectivity index (χ3v) is 4.84. The van der Waals surface area contributed by atoms with Crippen LogP contribution in [-0.4, -0.2) is 31.4 Å². The number of ether oxygens (including phenoxy) is 2. The minimum atomic E-state index is -1.51. The number of benzene rings is 1. The Kier molecular flexibility index (Phi) is 8.01. The van der Waals surface area contributed by atoms with Crippen LogP contribution in [0.25, 0.3) is 0 Å². The van der Waals surface area contributed by atoms with Crippen LogP contribution in [0.5, 0.6) is 0 Å². The lowest BCUT2D eigenvalue weighted by Crippen LogP contribution is -2.47. The number of carbonyl (C=O) groups is 3. The molecule has 1 aliphatic rings. The molecule has 5 heteroatoms. The number of rotatable bonds is 7. The van der Waals surface area contributed by atoms with Crippen molar-refractivity contribution in [2.45, 2.75) is 39.5 Å². The van der Waals surface area contributed by atoms with E-state index in [1.807, 2.05) is 12.2 Å². The summed E-state index contributed by atoms with van der Waals surface area (Å²) in [6, 6.07) is 6.94. The van der Waals surface area contributed by atoms with Crippen molar-refractivity contribution in [3.8, 4) is 11.8 Å². The summed E-state index contributed by atoms with van der Waals surface area (Å²) in [5.41, 5.74) is -0.491. The van der Waals surface area contributed by atoms with Crippen molar-refractivity contribution in [1.29, 1.82) is 0 Å². The van der Waals surface area contributed by atoms with Crippen LogP contribution in [0.1, 0.15) is 55.5 Å². The first-order valence-electron chi connectivity index (χ1n) is 9.64. The topological polar surface area (TPSA) is 69.7 Å². The summed E-state index contributed by atoms with van der Waals surface area (Å²) >= 11 is 0. The molecule has 1 atom stereocenters. The molecule has 0 radical (unpaired) electrons. The zero-order chi connectivity index (χ0) is 20.4. The molecule has 1 aromatic rings. The Bertz CT molecular complexity index is 779. The van der Waals surface area contributed by atoms with Crippen molar-refractivity contribution in [1.82, 2.24) is 0 Å². The zero-order valence-electron chi connectivity index (χ0n) is 16.4. The second kappa shape index (κ2) is 10.5. The number of aldehydes is 1. The fraction of sp³-hybridized carbons (Fsp3) is 0.435. The Labute approximate surface area is 166 Å². The molecule has 0 saturated carbocycles. The molecule has 0 aliphatic heterocycles. The molecule has 2 rings (SSSR count). The van der Waals surface area contributed by atoms with Crippen molar-refractivity contribution >= 4 is 18.2 Å². The summed E-state index contributed by atoms with van der Waals surface area (Å²) in [6.07, 6.45) is 7.06. The second-order valence-electron chi connectivity index (χ2n) is 6.56. The van der Waals surface area contributed by atoms with Gasteiger partial charge in [-0.05, 0) is 39.2 Å². The molecule has 0 aromatic heterocycles. The van der Waals surface area contributed by atoms with E-state index >= 15 is 0 Å². The van der Waals surface area contributed by atoms with Gasteiger partial charge in [0.2, 0.25) is 0 Å².